The maximum Gasteiger partial charge on any atom is 0.123 e. The standard InChI is InChI=1S/C14H16N2S/c1-2-6-12(7-3-1)14-15-10-13(17-14)11-16-8-4-5-9-16/h1-3,6-7,10H,4-5,8-9,11H2. The smallest absolute Gasteiger partial charge is 0.123 e. The maximum absolute atomic E-state index is 4.52. The Hall–Kier alpha value is -1.19. The van der Waals surface area contributed by atoms with Crippen LogP contribution in [0.3, 0.4) is 0 Å². The SMILES string of the molecule is c1ccc(-c2ncc(CN3CCCC3)s2)cc1. The molecule has 1 fully saturated rings. The maximum atomic E-state index is 4.52. The third-order valence-electron chi connectivity index (χ3n) is 3.15. The van der Waals surface area contributed by atoms with E-state index in [4.69, 9.17) is 0 Å². The van der Waals surface area contributed by atoms with E-state index in [-0.39, 0.29) is 0 Å². The summed E-state index contributed by atoms with van der Waals surface area (Å²) < 4.78 is 0. The van der Waals surface area contributed by atoms with Crippen LogP contribution in [0.25, 0.3) is 10.6 Å². The van der Waals surface area contributed by atoms with Gasteiger partial charge in [0.15, 0.2) is 0 Å². The van der Waals surface area contributed by atoms with Crippen molar-refractivity contribution in [2.24, 2.45) is 0 Å². The van der Waals surface area contributed by atoms with Crippen LogP contribution in [-0.4, -0.2) is 23.0 Å². The first-order valence-corrected chi connectivity index (χ1v) is 6.96. The second kappa shape index (κ2) is 4.98. The van der Waals surface area contributed by atoms with Crippen molar-refractivity contribution < 1.29 is 0 Å². The number of thiazole rings is 1. The first-order valence-electron chi connectivity index (χ1n) is 6.14. The van der Waals surface area contributed by atoms with Crippen molar-refractivity contribution in [3.8, 4) is 10.6 Å². The molecule has 0 amide bonds. The van der Waals surface area contributed by atoms with E-state index in [1.807, 2.05) is 23.6 Å². The molecule has 0 spiro atoms. The van der Waals surface area contributed by atoms with E-state index in [0.29, 0.717) is 0 Å². The minimum Gasteiger partial charge on any atom is -0.298 e. The summed E-state index contributed by atoms with van der Waals surface area (Å²) in [5, 5.41) is 1.14. The van der Waals surface area contributed by atoms with E-state index < -0.39 is 0 Å². The highest BCUT2D eigenvalue weighted by molar-refractivity contribution is 7.15. The molecule has 0 aliphatic carbocycles. The van der Waals surface area contributed by atoms with E-state index in [2.05, 4.69) is 34.1 Å². The van der Waals surface area contributed by atoms with Crippen molar-refractivity contribution in [2.75, 3.05) is 13.1 Å². The molecule has 2 heterocycles. The van der Waals surface area contributed by atoms with Gasteiger partial charge in [-0.15, -0.1) is 11.3 Å². The summed E-state index contributed by atoms with van der Waals surface area (Å²) in [5.74, 6) is 0. The molecule has 1 aromatic carbocycles. The Morgan fingerprint density at radius 1 is 1.12 bits per heavy atom. The molecule has 1 aliphatic heterocycles. The zero-order chi connectivity index (χ0) is 11.5. The van der Waals surface area contributed by atoms with Gasteiger partial charge in [-0.3, -0.25) is 4.90 Å². The van der Waals surface area contributed by atoms with Crippen molar-refractivity contribution in [1.29, 1.82) is 0 Å². The summed E-state index contributed by atoms with van der Waals surface area (Å²) in [6.07, 6.45) is 4.74. The fraction of sp³-hybridized carbons (Fsp3) is 0.357. The lowest BCUT2D eigenvalue weighted by Crippen LogP contribution is -2.17. The topological polar surface area (TPSA) is 16.1 Å². The lowest BCUT2D eigenvalue weighted by atomic mass is 10.2. The lowest BCUT2D eigenvalue weighted by Gasteiger charge is -2.11. The van der Waals surface area contributed by atoms with Crippen molar-refractivity contribution in [3.05, 3.63) is 41.4 Å². The molecule has 0 N–H and O–H groups in total. The number of rotatable bonds is 3. The molecular formula is C14H16N2S. The summed E-state index contributed by atoms with van der Waals surface area (Å²) in [7, 11) is 0. The minimum absolute atomic E-state index is 1.07. The Morgan fingerprint density at radius 2 is 1.88 bits per heavy atom. The number of benzene rings is 1. The predicted molar refractivity (Wildman–Crippen MR) is 72.1 cm³/mol. The predicted octanol–water partition coefficient (Wildman–Crippen LogP) is 3.41. The molecule has 0 unspecified atom stereocenters. The van der Waals surface area contributed by atoms with Crippen molar-refractivity contribution in [3.63, 3.8) is 0 Å². The largest absolute Gasteiger partial charge is 0.298 e. The van der Waals surface area contributed by atoms with Gasteiger partial charge in [0.25, 0.3) is 0 Å². The van der Waals surface area contributed by atoms with Crippen LogP contribution >= 0.6 is 11.3 Å². The van der Waals surface area contributed by atoms with E-state index in [1.165, 1.54) is 36.4 Å². The second-order valence-corrected chi connectivity index (χ2v) is 5.60. The summed E-state index contributed by atoms with van der Waals surface area (Å²) in [4.78, 5) is 8.42. The highest BCUT2D eigenvalue weighted by Crippen LogP contribution is 2.26. The molecule has 1 saturated heterocycles. The van der Waals surface area contributed by atoms with Crippen molar-refractivity contribution in [1.82, 2.24) is 9.88 Å². The van der Waals surface area contributed by atoms with Crippen molar-refractivity contribution in [2.45, 2.75) is 19.4 Å². The van der Waals surface area contributed by atoms with Gasteiger partial charge in [0.2, 0.25) is 0 Å². The summed E-state index contributed by atoms with van der Waals surface area (Å²) in [5.41, 5.74) is 1.23. The van der Waals surface area contributed by atoms with Gasteiger partial charge in [-0.05, 0) is 25.9 Å². The van der Waals surface area contributed by atoms with E-state index in [1.54, 1.807) is 0 Å². The van der Waals surface area contributed by atoms with Crippen LogP contribution in [0, 0.1) is 0 Å². The quantitative estimate of drug-likeness (QED) is 0.822. The van der Waals surface area contributed by atoms with E-state index in [0.717, 1.165) is 11.6 Å². The van der Waals surface area contributed by atoms with Gasteiger partial charge in [0, 0.05) is 23.2 Å². The average molecular weight is 244 g/mol. The van der Waals surface area contributed by atoms with Crippen LogP contribution in [0.5, 0.6) is 0 Å². The monoisotopic (exact) mass is 244 g/mol. The summed E-state index contributed by atoms with van der Waals surface area (Å²) in [6, 6.07) is 10.4. The Morgan fingerprint density at radius 3 is 2.65 bits per heavy atom. The number of nitrogens with zero attached hydrogens (tertiary/aromatic N) is 2. The zero-order valence-corrected chi connectivity index (χ0v) is 10.6. The fourth-order valence-corrected chi connectivity index (χ4v) is 3.22. The molecule has 3 rings (SSSR count). The molecule has 0 bridgehead atoms. The Bertz CT molecular complexity index is 472. The lowest BCUT2D eigenvalue weighted by molar-refractivity contribution is 0.334. The highest BCUT2D eigenvalue weighted by Gasteiger charge is 2.13. The van der Waals surface area contributed by atoms with Crippen LogP contribution in [0.2, 0.25) is 0 Å². The summed E-state index contributed by atoms with van der Waals surface area (Å²) >= 11 is 1.82. The second-order valence-electron chi connectivity index (χ2n) is 4.48. The van der Waals surface area contributed by atoms with Crippen molar-refractivity contribution >= 4 is 11.3 Å². The third kappa shape index (κ3) is 2.56. The fourth-order valence-electron chi connectivity index (χ4n) is 2.26. The van der Waals surface area contributed by atoms with Crippen LogP contribution in [0.1, 0.15) is 17.7 Å². The molecule has 1 aromatic heterocycles. The highest BCUT2D eigenvalue weighted by atomic mass is 32.1. The first kappa shape index (κ1) is 10.9. The van der Waals surface area contributed by atoms with Crippen LogP contribution < -0.4 is 0 Å². The Labute approximate surface area is 106 Å². The zero-order valence-electron chi connectivity index (χ0n) is 9.80. The van der Waals surface area contributed by atoms with Gasteiger partial charge in [0.1, 0.15) is 5.01 Å². The molecule has 1 aliphatic rings. The minimum atomic E-state index is 1.07. The van der Waals surface area contributed by atoms with Gasteiger partial charge in [-0.25, -0.2) is 4.98 Å². The molecule has 2 aromatic rings. The Kier molecular flexibility index (Phi) is 3.20. The number of aromatic nitrogens is 1. The van der Waals surface area contributed by atoms with Crippen LogP contribution in [-0.2, 0) is 6.54 Å². The molecule has 0 atom stereocenters. The molecule has 0 saturated carbocycles. The first-order chi connectivity index (χ1) is 8.42. The number of hydrogen-bond acceptors (Lipinski definition) is 3. The number of hydrogen-bond donors (Lipinski definition) is 0. The molecule has 3 heteroatoms. The third-order valence-corrected chi connectivity index (χ3v) is 4.18. The summed E-state index contributed by atoms with van der Waals surface area (Å²) in [6.45, 7) is 3.57. The van der Waals surface area contributed by atoms with Gasteiger partial charge < -0.3 is 0 Å². The van der Waals surface area contributed by atoms with Gasteiger partial charge >= 0.3 is 0 Å². The van der Waals surface area contributed by atoms with E-state index >= 15 is 0 Å². The molecular weight excluding hydrogens is 228 g/mol. The van der Waals surface area contributed by atoms with Crippen LogP contribution in [0.4, 0.5) is 0 Å². The number of likely N-dealkylation sites (tertiary alicyclic amines) is 1. The van der Waals surface area contributed by atoms with Gasteiger partial charge in [0.05, 0.1) is 0 Å². The molecule has 0 radical (unpaired) electrons. The molecule has 17 heavy (non-hydrogen) atoms. The molecule has 2 nitrogen and oxygen atoms in total. The van der Waals surface area contributed by atoms with Gasteiger partial charge in [-0.1, -0.05) is 30.3 Å². The van der Waals surface area contributed by atoms with Crippen LogP contribution in [0.15, 0.2) is 36.5 Å². The molecule has 88 valence electrons. The van der Waals surface area contributed by atoms with E-state index in [9.17, 15) is 0 Å². The Balaban J connectivity index is 1.74. The normalized spacial score (nSPS) is 16.5. The average Bonchev–Trinajstić information content (AvgIpc) is 3.02. The van der Waals surface area contributed by atoms with Gasteiger partial charge in [-0.2, -0.15) is 0 Å².